The van der Waals surface area contributed by atoms with Crippen molar-refractivity contribution in [2.45, 2.75) is 26.8 Å². The Morgan fingerprint density at radius 1 is 1.25 bits per heavy atom. The molecule has 1 N–H and O–H groups in total. The van der Waals surface area contributed by atoms with Crippen LogP contribution in [0.4, 0.5) is 0 Å². The second-order valence-corrected chi connectivity index (χ2v) is 4.51. The van der Waals surface area contributed by atoms with E-state index in [1.165, 1.54) is 28.6 Å². The predicted octanol–water partition coefficient (Wildman–Crippen LogP) is 3.32. The fourth-order valence-electron chi connectivity index (χ4n) is 2.23. The van der Waals surface area contributed by atoms with Crippen molar-refractivity contribution in [2.75, 3.05) is 13.6 Å². The van der Waals surface area contributed by atoms with Crippen LogP contribution in [0.1, 0.15) is 24.6 Å². The van der Waals surface area contributed by atoms with Gasteiger partial charge in [0, 0.05) is 23.1 Å². The molecule has 2 nitrogen and oxygen atoms in total. The third-order valence-electron chi connectivity index (χ3n) is 3.10. The van der Waals surface area contributed by atoms with Gasteiger partial charge in [0.05, 0.1) is 0 Å². The number of hydrogen-bond donors (Lipinski definition) is 1. The van der Waals surface area contributed by atoms with Crippen LogP contribution in [0.2, 0.25) is 0 Å². The lowest BCUT2D eigenvalue weighted by Crippen LogP contribution is -2.19. The minimum Gasteiger partial charge on any atom is -0.357 e. The SMILES string of the molecule is CCCN(C)Cc1[nH]c2ccccc2c1C. The number of rotatable bonds is 4. The van der Waals surface area contributed by atoms with Gasteiger partial charge in [0.2, 0.25) is 0 Å². The molecule has 1 aromatic heterocycles. The largest absolute Gasteiger partial charge is 0.357 e. The van der Waals surface area contributed by atoms with E-state index in [2.05, 4.69) is 55.0 Å². The summed E-state index contributed by atoms with van der Waals surface area (Å²) in [6, 6.07) is 8.51. The molecule has 1 aromatic carbocycles. The van der Waals surface area contributed by atoms with Gasteiger partial charge in [-0.25, -0.2) is 0 Å². The fourth-order valence-corrected chi connectivity index (χ4v) is 2.23. The zero-order chi connectivity index (χ0) is 11.5. The van der Waals surface area contributed by atoms with E-state index in [0.717, 1.165) is 13.1 Å². The van der Waals surface area contributed by atoms with E-state index in [4.69, 9.17) is 0 Å². The van der Waals surface area contributed by atoms with Gasteiger partial charge in [-0.2, -0.15) is 0 Å². The molecule has 1 heterocycles. The molecule has 2 rings (SSSR count). The minimum atomic E-state index is 1.01. The Morgan fingerprint density at radius 3 is 2.69 bits per heavy atom. The van der Waals surface area contributed by atoms with Crippen molar-refractivity contribution >= 4 is 10.9 Å². The maximum Gasteiger partial charge on any atom is 0.0459 e. The first-order valence-electron chi connectivity index (χ1n) is 5.97. The first-order valence-corrected chi connectivity index (χ1v) is 5.97. The number of nitrogens with zero attached hydrogens (tertiary/aromatic N) is 1. The quantitative estimate of drug-likeness (QED) is 0.830. The fraction of sp³-hybridized carbons (Fsp3) is 0.429. The summed E-state index contributed by atoms with van der Waals surface area (Å²) in [5.41, 5.74) is 3.98. The third-order valence-corrected chi connectivity index (χ3v) is 3.10. The van der Waals surface area contributed by atoms with Gasteiger partial charge in [-0.15, -0.1) is 0 Å². The Kier molecular flexibility index (Phi) is 3.30. The van der Waals surface area contributed by atoms with E-state index in [0.29, 0.717) is 0 Å². The predicted molar refractivity (Wildman–Crippen MR) is 69.7 cm³/mol. The van der Waals surface area contributed by atoms with Gasteiger partial charge in [-0.3, -0.25) is 0 Å². The molecule has 0 saturated carbocycles. The van der Waals surface area contributed by atoms with Crippen molar-refractivity contribution in [3.63, 3.8) is 0 Å². The summed E-state index contributed by atoms with van der Waals surface area (Å²) in [7, 11) is 2.18. The average molecular weight is 216 g/mol. The summed E-state index contributed by atoms with van der Waals surface area (Å²) in [5, 5.41) is 1.35. The number of aromatic nitrogens is 1. The van der Waals surface area contributed by atoms with E-state index in [-0.39, 0.29) is 0 Å². The van der Waals surface area contributed by atoms with Gasteiger partial charge in [0.25, 0.3) is 0 Å². The highest BCUT2D eigenvalue weighted by molar-refractivity contribution is 5.84. The molecular formula is C14H20N2. The normalized spacial score (nSPS) is 11.5. The Hall–Kier alpha value is -1.28. The maximum absolute atomic E-state index is 3.51. The first kappa shape index (κ1) is 11.2. The van der Waals surface area contributed by atoms with Crippen molar-refractivity contribution in [1.29, 1.82) is 0 Å². The molecule has 0 unspecified atom stereocenters. The molecule has 0 saturated heterocycles. The number of benzene rings is 1. The van der Waals surface area contributed by atoms with Gasteiger partial charge in [0.15, 0.2) is 0 Å². The van der Waals surface area contributed by atoms with Crippen molar-refractivity contribution < 1.29 is 0 Å². The Labute approximate surface area is 97.3 Å². The van der Waals surface area contributed by atoms with E-state index in [1.54, 1.807) is 0 Å². The number of aryl methyl sites for hydroxylation is 1. The molecule has 0 aliphatic carbocycles. The van der Waals surface area contributed by atoms with Gasteiger partial charge >= 0.3 is 0 Å². The van der Waals surface area contributed by atoms with E-state index in [1.807, 2.05) is 0 Å². The number of nitrogens with one attached hydrogen (secondary N) is 1. The van der Waals surface area contributed by atoms with Crippen LogP contribution in [0.25, 0.3) is 10.9 Å². The molecule has 0 aliphatic rings. The molecule has 0 bridgehead atoms. The van der Waals surface area contributed by atoms with E-state index >= 15 is 0 Å². The Balaban J connectivity index is 2.27. The van der Waals surface area contributed by atoms with Crippen LogP contribution in [0, 0.1) is 6.92 Å². The summed E-state index contributed by atoms with van der Waals surface area (Å²) in [6.45, 7) is 6.58. The molecule has 2 aromatic rings. The summed E-state index contributed by atoms with van der Waals surface area (Å²) >= 11 is 0. The molecule has 0 aliphatic heterocycles. The van der Waals surface area contributed by atoms with Crippen LogP contribution in [-0.2, 0) is 6.54 Å². The molecule has 0 amide bonds. The lowest BCUT2D eigenvalue weighted by atomic mass is 10.1. The first-order chi connectivity index (χ1) is 7.72. The Morgan fingerprint density at radius 2 is 2.00 bits per heavy atom. The highest BCUT2D eigenvalue weighted by Crippen LogP contribution is 2.21. The molecule has 2 heteroatoms. The van der Waals surface area contributed by atoms with Crippen LogP contribution < -0.4 is 0 Å². The zero-order valence-electron chi connectivity index (χ0n) is 10.4. The molecule has 16 heavy (non-hydrogen) atoms. The summed E-state index contributed by atoms with van der Waals surface area (Å²) in [6.07, 6.45) is 1.20. The smallest absolute Gasteiger partial charge is 0.0459 e. The lowest BCUT2D eigenvalue weighted by molar-refractivity contribution is 0.324. The highest BCUT2D eigenvalue weighted by Gasteiger charge is 2.08. The molecule has 0 spiro atoms. The second-order valence-electron chi connectivity index (χ2n) is 4.51. The molecule has 0 atom stereocenters. The molecule has 0 radical (unpaired) electrons. The number of para-hydroxylation sites is 1. The molecule has 0 fully saturated rings. The van der Waals surface area contributed by atoms with Crippen LogP contribution in [0.15, 0.2) is 24.3 Å². The van der Waals surface area contributed by atoms with Gasteiger partial charge in [-0.05, 0) is 38.6 Å². The lowest BCUT2D eigenvalue weighted by Gasteiger charge is -2.14. The van der Waals surface area contributed by atoms with Gasteiger partial charge < -0.3 is 9.88 Å². The standard InChI is InChI=1S/C14H20N2/c1-4-9-16(3)10-14-11(2)12-7-5-6-8-13(12)15-14/h5-8,15H,4,9-10H2,1-3H3. The maximum atomic E-state index is 3.51. The molecule has 86 valence electrons. The summed E-state index contributed by atoms with van der Waals surface area (Å²) in [4.78, 5) is 5.87. The summed E-state index contributed by atoms with van der Waals surface area (Å²) in [5.74, 6) is 0. The molecular weight excluding hydrogens is 196 g/mol. The number of aromatic amines is 1. The van der Waals surface area contributed by atoms with Crippen molar-refractivity contribution in [2.24, 2.45) is 0 Å². The average Bonchev–Trinajstić information content (AvgIpc) is 2.57. The topological polar surface area (TPSA) is 19.0 Å². The highest BCUT2D eigenvalue weighted by atomic mass is 15.1. The Bertz CT molecular complexity index is 471. The van der Waals surface area contributed by atoms with Crippen molar-refractivity contribution in [1.82, 2.24) is 9.88 Å². The van der Waals surface area contributed by atoms with Crippen LogP contribution >= 0.6 is 0 Å². The third kappa shape index (κ3) is 2.12. The van der Waals surface area contributed by atoms with E-state index in [9.17, 15) is 0 Å². The number of hydrogen-bond acceptors (Lipinski definition) is 1. The van der Waals surface area contributed by atoms with Crippen LogP contribution in [0.3, 0.4) is 0 Å². The number of H-pyrrole nitrogens is 1. The summed E-state index contributed by atoms with van der Waals surface area (Å²) < 4.78 is 0. The van der Waals surface area contributed by atoms with Crippen LogP contribution in [-0.4, -0.2) is 23.5 Å². The van der Waals surface area contributed by atoms with Gasteiger partial charge in [0.1, 0.15) is 0 Å². The van der Waals surface area contributed by atoms with Crippen molar-refractivity contribution in [3.05, 3.63) is 35.5 Å². The number of fused-ring (bicyclic) bond motifs is 1. The van der Waals surface area contributed by atoms with Crippen molar-refractivity contribution in [3.8, 4) is 0 Å². The monoisotopic (exact) mass is 216 g/mol. The van der Waals surface area contributed by atoms with Gasteiger partial charge in [-0.1, -0.05) is 25.1 Å². The van der Waals surface area contributed by atoms with E-state index < -0.39 is 0 Å². The second kappa shape index (κ2) is 4.71. The minimum absolute atomic E-state index is 1.01. The van der Waals surface area contributed by atoms with Crippen LogP contribution in [0.5, 0.6) is 0 Å². The zero-order valence-corrected chi connectivity index (χ0v) is 10.4.